The van der Waals surface area contributed by atoms with Gasteiger partial charge >= 0.3 is 0 Å². The van der Waals surface area contributed by atoms with Gasteiger partial charge in [0.25, 0.3) is 5.91 Å². The summed E-state index contributed by atoms with van der Waals surface area (Å²) >= 11 is 0. The molecule has 6 heteroatoms. The molecule has 2 amide bonds. The summed E-state index contributed by atoms with van der Waals surface area (Å²) < 4.78 is 11.0. The molecule has 0 spiro atoms. The summed E-state index contributed by atoms with van der Waals surface area (Å²) in [7, 11) is 3.11. The third kappa shape index (κ3) is 4.03. The van der Waals surface area contributed by atoms with Gasteiger partial charge in [0.05, 0.1) is 26.2 Å². The lowest BCUT2D eigenvalue weighted by Crippen LogP contribution is -2.50. The molecule has 2 aliphatic heterocycles. The van der Waals surface area contributed by atoms with E-state index in [-0.39, 0.29) is 17.9 Å². The summed E-state index contributed by atoms with van der Waals surface area (Å²) in [5, 5.41) is 3.14. The third-order valence-corrected chi connectivity index (χ3v) is 7.21. The largest absolute Gasteiger partial charge is 0.493 e. The number of methoxy groups -OCH3 is 2. The first kappa shape index (κ1) is 23.0. The van der Waals surface area contributed by atoms with Gasteiger partial charge in [-0.25, -0.2) is 0 Å². The molecule has 3 aromatic carbocycles. The lowest BCUT2D eigenvalue weighted by molar-refractivity contribution is -0.124. The summed E-state index contributed by atoms with van der Waals surface area (Å²) in [6, 6.07) is 19.5. The smallest absolute Gasteiger partial charge is 0.254 e. The minimum Gasteiger partial charge on any atom is -0.493 e. The highest BCUT2D eigenvalue weighted by Crippen LogP contribution is 2.48. The Hall–Kier alpha value is -3.80. The minimum atomic E-state index is -0.570. The average molecular weight is 471 g/mol. The molecular weight excluding hydrogens is 440 g/mol. The monoisotopic (exact) mass is 470 g/mol. The van der Waals surface area contributed by atoms with Crippen molar-refractivity contribution in [3.63, 3.8) is 0 Å². The van der Waals surface area contributed by atoms with E-state index in [2.05, 4.69) is 30.4 Å². The molecule has 0 unspecified atom stereocenters. The van der Waals surface area contributed by atoms with Gasteiger partial charge in [-0.2, -0.15) is 0 Å². The van der Waals surface area contributed by atoms with Crippen LogP contribution in [0.3, 0.4) is 0 Å². The molecule has 1 N–H and O–H groups in total. The molecule has 180 valence electrons. The molecular formula is C29H30N2O4. The summed E-state index contributed by atoms with van der Waals surface area (Å²) in [6.45, 7) is 3.11. The standard InChI is InChI=1S/C29H30N2O4/c1-4-18-9-11-19(12-10-18)17-30-28(32)26-22-15-24(34-2)25(35-3)16-23(22)29(33)31-14-13-20-7-5-6-8-21(20)27(26)31/h5-12,15-16,26-27H,4,13-14,17H2,1-3H3,(H,30,32)/t26-,27-/m1/s1. The normalized spacial score (nSPS) is 18.3. The zero-order valence-corrected chi connectivity index (χ0v) is 20.3. The Morgan fingerprint density at radius 3 is 2.37 bits per heavy atom. The lowest BCUT2D eigenvalue weighted by Gasteiger charge is -2.45. The topological polar surface area (TPSA) is 67.9 Å². The summed E-state index contributed by atoms with van der Waals surface area (Å²) in [6.07, 6.45) is 1.74. The van der Waals surface area contributed by atoms with Crippen molar-refractivity contribution in [1.82, 2.24) is 10.2 Å². The Labute approximate surface area is 205 Å². The fraction of sp³-hybridized carbons (Fsp3) is 0.310. The maximum atomic E-state index is 13.9. The second-order valence-electron chi connectivity index (χ2n) is 9.05. The SMILES string of the molecule is CCc1ccc(CNC(=O)[C@@H]2c3cc(OC)c(OC)cc3C(=O)N3CCc4ccccc4[C@H]23)cc1. The Bertz CT molecular complexity index is 1270. The first-order valence-corrected chi connectivity index (χ1v) is 12.1. The molecule has 35 heavy (non-hydrogen) atoms. The fourth-order valence-corrected chi connectivity index (χ4v) is 5.32. The van der Waals surface area contributed by atoms with E-state index in [0.29, 0.717) is 35.7 Å². The second-order valence-corrected chi connectivity index (χ2v) is 9.05. The van der Waals surface area contributed by atoms with Crippen LogP contribution in [0.1, 0.15) is 57.1 Å². The molecule has 0 fully saturated rings. The Kier molecular flexibility index (Phi) is 6.20. The number of carbonyl (C=O) groups is 2. The molecule has 6 nitrogen and oxygen atoms in total. The Balaban J connectivity index is 1.57. The zero-order valence-electron chi connectivity index (χ0n) is 20.3. The summed E-state index contributed by atoms with van der Waals surface area (Å²) in [4.78, 5) is 29.3. The number of benzene rings is 3. The van der Waals surface area contributed by atoms with Crippen molar-refractivity contribution in [2.75, 3.05) is 20.8 Å². The number of nitrogens with one attached hydrogen (secondary N) is 1. The van der Waals surface area contributed by atoms with Crippen molar-refractivity contribution in [2.45, 2.75) is 38.3 Å². The van der Waals surface area contributed by atoms with Crippen LogP contribution in [0.5, 0.6) is 11.5 Å². The summed E-state index contributed by atoms with van der Waals surface area (Å²) in [5.41, 5.74) is 5.67. The van der Waals surface area contributed by atoms with Crippen LogP contribution >= 0.6 is 0 Å². The van der Waals surface area contributed by atoms with Crippen LogP contribution in [-0.2, 0) is 24.2 Å². The number of amides is 2. The van der Waals surface area contributed by atoms with Gasteiger partial charge < -0.3 is 19.7 Å². The van der Waals surface area contributed by atoms with Gasteiger partial charge in [-0.15, -0.1) is 0 Å². The van der Waals surface area contributed by atoms with E-state index in [9.17, 15) is 9.59 Å². The van der Waals surface area contributed by atoms with E-state index in [4.69, 9.17) is 9.47 Å². The summed E-state index contributed by atoms with van der Waals surface area (Å²) in [5.74, 6) is 0.214. The van der Waals surface area contributed by atoms with E-state index >= 15 is 0 Å². The number of rotatable bonds is 6. The Morgan fingerprint density at radius 1 is 0.971 bits per heavy atom. The van der Waals surface area contributed by atoms with E-state index in [1.165, 1.54) is 11.1 Å². The van der Waals surface area contributed by atoms with Crippen molar-refractivity contribution in [1.29, 1.82) is 0 Å². The fourth-order valence-electron chi connectivity index (χ4n) is 5.32. The van der Waals surface area contributed by atoms with Gasteiger partial charge in [0.15, 0.2) is 11.5 Å². The molecule has 5 rings (SSSR count). The molecule has 2 heterocycles. The number of hydrogen-bond donors (Lipinski definition) is 1. The zero-order chi connectivity index (χ0) is 24.5. The highest BCUT2D eigenvalue weighted by atomic mass is 16.5. The van der Waals surface area contributed by atoms with Gasteiger partial charge in [-0.1, -0.05) is 55.5 Å². The van der Waals surface area contributed by atoms with Gasteiger partial charge in [0, 0.05) is 18.7 Å². The van der Waals surface area contributed by atoms with Crippen molar-refractivity contribution in [3.8, 4) is 11.5 Å². The minimum absolute atomic E-state index is 0.0836. The second kappa shape index (κ2) is 9.45. The van der Waals surface area contributed by atoms with E-state index in [1.807, 2.05) is 35.2 Å². The number of nitrogens with zero attached hydrogens (tertiary/aromatic N) is 1. The van der Waals surface area contributed by atoms with Crippen LogP contribution < -0.4 is 14.8 Å². The quantitative estimate of drug-likeness (QED) is 0.579. The molecule has 0 radical (unpaired) electrons. The first-order valence-electron chi connectivity index (χ1n) is 12.1. The van der Waals surface area contributed by atoms with Crippen molar-refractivity contribution in [3.05, 3.63) is 94.0 Å². The van der Waals surface area contributed by atoms with Crippen LogP contribution in [0.25, 0.3) is 0 Å². The average Bonchev–Trinajstić information content (AvgIpc) is 2.91. The molecule has 0 aromatic heterocycles. The predicted molar refractivity (Wildman–Crippen MR) is 134 cm³/mol. The lowest BCUT2D eigenvalue weighted by atomic mass is 9.75. The predicted octanol–water partition coefficient (Wildman–Crippen LogP) is 4.42. The van der Waals surface area contributed by atoms with E-state index in [0.717, 1.165) is 24.0 Å². The van der Waals surface area contributed by atoms with E-state index < -0.39 is 5.92 Å². The van der Waals surface area contributed by atoms with Crippen LogP contribution in [0.4, 0.5) is 0 Å². The van der Waals surface area contributed by atoms with Crippen molar-refractivity contribution < 1.29 is 19.1 Å². The number of hydrogen-bond acceptors (Lipinski definition) is 4. The first-order chi connectivity index (χ1) is 17.0. The molecule has 0 saturated heterocycles. The molecule has 2 atom stereocenters. The third-order valence-electron chi connectivity index (χ3n) is 7.21. The number of ether oxygens (including phenoxy) is 2. The Morgan fingerprint density at radius 2 is 1.66 bits per heavy atom. The van der Waals surface area contributed by atoms with Crippen LogP contribution in [0.2, 0.25) is 0 Å². The number of aryl methyl sites for hydroxylation is 1. The van der Waals surface area contributed by atoms with Gasteiger partial charge in [-0.3, -0.25) is 9.59 Å². The van der Waals surface area contributed by atoms with Crippen LogP contribution in [0, 0.1) is 0 Å². The van der Waals surface area contributed by atoms with Gasteiger partial charge in [0.1, 0.15) is 0 Å². The maximum Gasteiger partial charge on any atom is 0.254 e. The van der Waals surface area contributed by atoms with Crippen LogP contribution in [0.15, 0.2) is 60.7 Å². The highest BCUT2D eigenvalue weighted by molar-refractivity contribution is 6.02. The molecule has 3 aromatic rings. The maximum absolute atomic E-state index is 13.9. The highest BCUT2D eigenvalue weighted by Gasteiger charge is 2.46. The van der Waals surface area contributed by atoms with Crippen LogP contribution in [-0.4, -0.2) is 37.5 Å². The van der Waals surface area contributed by atoms with Gasteiger partial charge in [0.2, 0.25) is 5.91 Å². The molecule has 0 saturated carbocycles. The van der Waals surface area contributed by atoms with E-state index in [1.54, 1.807) is 26.4 Å². The van der Waals surface area contributed by atoms with Gasteiger partial charge in [-0.05, 0) is 52.8 Å². The molecule has 0 aliphatic carbocycles. The number of carbonyl (C=O) groups excluding carboxylic acids is 2. The van der Waals surface area contributed by atoms with Crippen molar-refractivity contribution in [2.24, 2.45) is 0 Å². The number of fused-ring (bicyclic) bond motifs is 4. The van der Waals surface area contributed by atoms with Crippen molar-refractivity contribution >= 4 is 11.8 Å². The molecule has 2 aliphatic rings. The molecule has 0 bridgehead atoms.